The summed E-state index contributed by atoms with van der Waals surface area (Å²) in [7, 11) is 0. The van der Waals surface area contributed by atoms with Crippen LogP contribution in [-0.2, 0) is 0 Å². The number of nitrogens with zero attached hydrogens (tertiary/aromatic N) is 1. The van der Waals surface area contributed by atoms with Crippen LogP contribution in [0.15, 0.2) is 23.9 Å². The summed E-state index contributed by atoms with van der Waals surface area (Å²) >= 11 is 0. The van der Waals surface area contributed by atoms with Gasteiger partial charge in [0.25, 0.3) is 0 Å². The van der Waals surface area contributed by atoms with Crippen molar-refractivity contribution in [1.29, 1.82) is 0 Å². The molecular formula is C9H14N2. The van der Waals surface area contributed by atoms with E-state index in [0.717, 1.165) is 13.1 Å². The van der Waals surface area contributed by atoms with Gasteiger partial charge in [0.2, 0.25) is 0 Å². The van der Waals surface area contributed by atoms with Gasteiger partial charge >= 0.3 is 0 Å². The van der Waals surface area contributed by atoms with Crippen LogP contribution in [0.4, 0.5) is 0 Å². The number of hydrazine groups is 1. The average Bonchev–Trinajstić information content (AvgIpc) is 2.28. The van der Waals surface area contributed by atoms with E-state index >= 15 is 0 Å². The number of hydrogen-bond acceptors (Lipinski definition) is 2. The third-order valence-electron chi connectivity index (χ3n) is 2.22. The van der Waals surface area contributed by atoms with Crippen molar-refractivity contribution in [1.82, 2.24) is 10.4 Å². The Kier molecular flexibility index (Phi) is 1.95. The van der Waals surface area contributed by atoms with Crippen LogP contribution in [0.2, 0.25) is 0 Å². The zero-order valence-electron chi connectivity index (χ0n) is 6.71. The van der Waals surface area contributed by atoms with Crippen molar-refractivity contribution >= 4 is 0 Å². The summed E-state index contributed by atoms with van der Waals surface area (Å²) in [5.74, 6) is 0. The van der Waals surface area contributed by atoms with Crippen LogP contribution in [0, 0.1) is 0 Å². The molecule has 0 unspecified atom stereocenters. The molecule has 60 valence electrons. The highest BCUT2D eigenvalue weighted by Crippen LogP contribution is 2.16. The smallest absolute Gasteiger partial charge is 0.0524 e. The van der Waals surface area contributed by atoms with Gasteiger partial charge in [-0.1, -0.05) is 12.2 Å². The first-order valence-electron chi connectivity index (χ1n) is 4.33. The van der Waals surface area contributed by atoms with E-state index in [1.54, 1.807) is 0 Å². The maximum Gasteiger partial charge on any atom is 0.0524 e. The Labute approximate surface area is 67.5 Å². The number of allylic oxidation sites excluding steroid dienone is 3. The fourth-order valence-corrected chi connectivity index (χ4v) is 1.58. The van der Waals surface area contributed by atoms with Crippen LogP contribution in [0.3, 0.4) is 0 Å². The van der Waals surface area contributed by atoms with Crippen molar-refractivity contribution in [2.45, 2.75) is 19.3 Å². The maximum atomic E-state index is 3.40. The summed E-state index contributed by atoms with van der Waals surface area (Å²) in [6, 6.07) is 0. The minimum absolute atomic E-state index is 1.03. The normalized spacial score (nSPS) is 24.0. The molecule has 0 aromatic rings. The number of hydrogen-bond donors (Lipinski definition) is 1. The molecule has 0 amide bonds. The molecule has 0 aromatic carbocycles. The second-order valence-corrected chi connectivity index (χ2v) is 3.06. The topological polar surface area (TPSA) is 15.3 Å². The minimum atomic E-state index is 1.03. The zero-order valence-corrected chi connectivity index (χ0v) is 6.71. The molecule has 1 fully saturated rings. The summed E-state index contributed by atoms with van der Waals surface area (Å²) < 4.78 is 0. The Morgan fingerprint density at radius 1 is 1.36 bits per heavy atom. The van der Waals surface area contributed by atoms with Crippen LogP contribution in [-0.4, -0.2) is 18.1 Å². The van der Waals surface area contributed by atoms with Gasteiger partial charge in [-0.25, -0.2) is 5.43 Å². The fourth-order valence-electron chi connectivity index (χ4n) is 1.58. The number of fused-ring (bicyclic) bond motifs is 1. The highest BCUT2D eigenvalue weighted by atomic mass is 15.5. The lowest BCUT2D eigenvalue weighted by Gasteiger charge is -2.26. The quantitative estimate of drug-likeness (QED) is 0.562. The molecule has 0 atom stereocenters. The van der Waals surface area contributed by atoms with Gasteiger partial charge in [-0.3, -0.25) is 0 Å². The van der Waals surface area contributed by atoms with Gasteiger partial charge in [-0.15, -0.1) is 0 Å². The van der Waals surface area contributed by atoms with Crippen molar-refractivity contribution in [3.63, 3.8) is 0 Å². The Bertz CT molecular complexity index is 194. The molecule has 1 N–H and O–H groups in total. The SMILES string of the molecule is C1=CCN2NCCCCC2=C1. The number of rotatable bonds is 0. The maximum absolute atomic E-state index is 3.40. The first-order valence-corrected chi connectivity index (χ1v) is 4.33. The van der Waals surface area contributed by atoms with Crippen molar-refractivity contribution in [2.24, 2.45) is 0 Å². The van der Waals surface area contributed by atoms with Gasteiger partial charge in [-0.05, 0) is 25.3 Å². The lowest BCUT2D eigenvalue weighted by atomic mass is 10.1. The lowest BCUT2D eigenvalue weighted by Crippen LogP contribution is -2.37. The van der Waals surface area contributed by atoms with Gasteiger partial charge in [0, 0.05) is 12.2 Å². The molecule has 2 nitrogen and oxygen atoms in total. The van der Waals surface area contributed by atoms with Crippen molar-refractivity contribution in [3.05, 3.63) is 23.9 Å². The van der Waals surface area contributed by atoms with E-state index in [4.69, 9.17) is 0 Å². The van der Waals surface area contributed by atoms with Crippen LogP contribution in [0.25, 0.3) is 0 Å². The Hall–Kier alpha value is -0.760. The highest BCUT2D eigenvalue weighted by Gasteiger charge is 2.12. The van der Waals surface area contributed by atoms with Crippen LogP contribution in [0.5, 0.6) is 0 Å². The van der Waals surface area contributed by atoms with Crippen molar-refractivity contribution in [3.8, 4) is 0 Å². The Morgan fingerprint density at radius 3 is 3.36 bits per heavy atom. The highest BCUT2D eigenvalue weighted by molar-refractivity contribution is 5.17. The lowest BCUT2D eigenvalue weighted by molar-refractivity contribution is 0.276. The molecule has 0 aliphatic carbocycles. The van der Waals surface area contributed by atoms with E-state index in [1.807, 2.05) is 0 Å². The average molecular weight is 150 g/mol. The van der Waals surface area contributed by atoms with E-state index < -0.39 is 0 Å². The molecule has 2 aliphatic rings. The molecule has 2 heteroatoms. The second kappa shape index (κ2) is 3.09. The monoisotopic (exact) mass is 150 g/mol. The van der Waals surface area contributed by atoms with Gasteiger partial charge < -0.3 is 5.01 Å². The molecule has 0 radical (unpaired) electrons. The van der Waals surface area contributed by atoms with E-state index in [0.29, 0.717) is 0 Å². The summed E-state index contributed by atoms with van der Waals surface area (Å²) in [5.41, 5.74) is 4.85. The molecule has 2 aliphatic heterocycles. The van der Waals surface area contributed by atoms with Crippen LogP contribution in [0.1, 0.15) is 19.3 Å². The fraction of sp³-hybridized carbons (Fsp3) is 0.556. The second-order valence-electron chi connectivity index (χ2n) is 3.06. The van der Waals surface area contributed by atoms with Crippen LogP contribution < -0.4 is 5.43 Å². The van der Waals surface area contributed by atoms with E-state index in [-0.39, 0.29) is 0 Å². The zero-order chi connectivity index (χ0) is 7.52. The molecule has 0 spiro atoms. The number of nitrogens with one attached hydrogen (secondary N) is 1. The molecule has 0 aromatic heterocycles. The van der Waals surface area contributed by atoms with E-state index in [9.17, 15) is 0 Å². The largest absolute Gasteiger partial charge is 0.309 e. The molecular weight excluding hydrogens is 136 g/mol. The molecule has 1 saturated heterocycles. The molecule has 0 saturated carbocycles. The predicted molar refractivity (Wildman–Crippen MR) is 45.8 cm³/mol. The standard InChI is InChI=1S/C9H14N2/c1-3-7-10-11-8-4-2-6-9(11)5-1/h2,4,6,10H,1,3,5,7-8H2. The molecule has 2 heterocycles. The Balaban J connectivity index is 2.11. The van der Waals surface area contributed by atoms with Crippen molar-refractivity contribution < 1.29 is 0 Å². The summed E-state index contributed by atoms with van der Waals surface area (Å²) in [6.45, 7) is 2.16. The third-order valence-corrected chi connectivity index (χ3v) is 2.22. The van der Waals surface area contributed by atoms with Gasteiger partial charge in [-0.2, -0.15) is 0 Å². The van der Waals surface area contributed by atoms with E-state index in [1.165, 1.54) is 25.0 Å². The predicted octanol–water partition coefficient (Wildman–Crippen LogP) is 1.43. The first kappa shape index (κ1) is 6.92. The summed E-state index contributed by atoms with van der Waals surface area (Å²) in [6.07, 6.45) is 10.4. The van der Waals surface area contributed by atoms with Gasteiger partial charge in [0.15, 0.2) is 0 Å². The van der Waals surface area contributed by atoms with Crippen LogP contribution >= 0.6 is 0 Å². The summed E-state index contributed by atoms with van der Waals surface area (Å²) in [4.78, 5) is 0. The molecule has 11 heavy (non-hydrogen) atoms. The third kappa shape index (κ3) is 1.46. The van der Waals surface area contributed by atoms with E-state index in [2.05, 4.69) is 28.7 Å². The Morgan fingerprint density at radius 2 is 2.36 bits per heavy atom. The minimum Gasteiger partial charge on any atom is -0.309 e. The van der Waals surface area contributed by atoms with Crippen molar-refractivity contribution in [2.75, 3.05) is 13.1 Å². The first-order chi connectivity index (χ1) is 5.47. The molecule has 2 rings (SSSR count). The molecule has 0 bridgehead atoms. The summed E-state index contributed by atoms with van der Waals surface area (Å²) in [5, 5.41) is 2.26. The van der Waals surface area contributed by atoms with Gasteiger partial charge in [0.1, 0.15) is 0 Å². The van der Waals surface area contributed by atoms with Gasteiger partial charge in [0.05, 0.1) is 6.54 Å².